The van der Waals surface area contributed by atoms with Gasteiger partial charge in [0.05, 0.1) is 10.4 Å². The van der Waals surface area contributed by atoms with Crippen LogP contribution < -0.4 is 0 Å². The van der Waals surface area contributed by atoms with Gasteiger partial charge in [-0.3, -0.25) is 0 Å². The van der Waals surface area contributed by atoms with Crippen molar-refractivity contribution in [3.8, 4) is 0 Å². The summed E-state index contributed by atoms with van der Waals surface area (Å²) >= 11 is 4.41. The van der Waals surface area contributed by atoms with E-state index in [2.05, 4.69) is 53.1 Å². The van der Waals surface area contributed by atoms with Crippen molar-refractivity contribution in [2.75, 3.05) is 5.75 Å². The zero-order chi connectivity index (χ0) is 12.1. The number of nitrogens with zero attached hydrogens (tertiary/aromatic N) is 2. The highest BCUT2D eigenvalue weighted by Crippen LogP contribution is 2.51. The first-order chi connectivity index (χ1) is 8.28. The molecule has 0 aromatic carbocycles. The lowest BCUT2D eigenvalue weighted by Crippen LogP contribution is -2.29. The largest absolute Gasteiger partial charge is 0.337 e. The van der Waals surface area contributed by atoms with Crippen molar-refractivity contribution in [2.45, 2.75) is 55.4 Å². The summed E-state index contributed by atoms with van der Waals surface area (Å²) in [4.78, 5) is 4.11. The number of aryl methyl sites for hydroxylation is 1. The van der Waals surface area contributed by atoms with Gasteiger partial charge in [-0.2, -0.15) is 0 Å². The summed E-state index contributed by atoms with van der Waals surface area (Å²) < 4.78 is 2.65. The van der Waals surface area contributed by atoms with Gasteiger partial charge in [0.2, 0.25) is 0 Å². The summed E-state index contributed by atoms with van der Waals surface area (Å²) in [7, 11) is 0. The first-order valence-corrected chi connectivity index (χ1v) is 8.42. The number of hydrogen-bond donors (Lipinski definition) is 0. The van der Waals surface area contributed by atoms with Gasteiger partial charge in [-0.1, -0.05) is 13.8 Å². The summed E-state index contributed by atoms with van der Waals surface area (Å²) in [5.41, 5.74) is 0. The topological polar surface area (TPSA) is 17.8 Å². The molecule has 1 aliphatic rings. The molecule has 2 heterocycles. The van der Waals surface area contributed by atoms with E-state index in [0.29, 0.717) is 4.08 Å². The number of rotatable bonds is 5. The third kappa shape index (κ3) is 3.44. The van der Waals surface area contributed by atoms with Crippen LogP contribution >= 0.6 is 23.5 Å². The molecule has 0 saturated carbocycles. The Morgan fingerprint density at radius 3 is 3.00 bits per heavy atom. The van der Waals surface area contributed by atoms with Crippen LogP contribution in [0.15, 0.2) is 18.7 Å². The van der Waals surface area contributed by atoms with Crippen LogP contribution in [0.1, 0.15) is 39.5 Å². The monoisotopic (exact) mass is 270 g/mol. The zero-order valence-corrected chi connectivity index (χ0v) is 12.4. The Balaban J connectivity index is 1.94. The molecule has 1 aromatic heterocycles. The maximum absolute atomic E-state index is 4.11. The second-order valence-corrected chi connectivity index (χ2v) is 8.02. The van der Waals surface area contributed by atoms with Crippen LogP contribution in [0.2, 0.25) is 0 Å². The number of imidazole rings is 1. The van der Waals surface area contributed by atoms with Crippen LogP contribution in [0.4, 0.5) is 0 Å². The molecule has 0 spiro atoms. The Hall–Kier alpha value is -0.0900. The molecule has 96 valence electrons. The highest BCUT2D eigenvalue weighted by Gasteiger charge is 2.35. The molecule has 0 aliphatic carbocycles. The van der Waals surface area contributed by atoms with Crippen LogP contribution in [-0.4, -0.2) is 24.6 Å². The standard InChI is InChI=1S/C13H22N2S2/c1-3-12-5-10-16-13(4-2,17-12)6-8-15-9-7-14-11-15/h7,9,11-12H,3-6,8,10H2,1-2H3. The van der Waals surface area contributed by atoms with E-state index in [-0.39, 0.29) is 0 Å². The number of aromatic nitrogens is 2. The van der Waals surface area contributed by atoms with Gasteiger partial charge in [-0.25, -0.2) is 4.98 Å². The van der Waals surface area contributed by atoms with Crippen molar-refractivity contribution in [3.63, 3.8) is 0 Å². The molecule has 2 nitrogen and oxygen atoms in total. The minimum absolute atomic E-state index is 0.448. The van der Waals surface area contributed by atoms with Gasteiger partial charge in [0.15, 0.2) is 0 Å². The average Bonchev–Trinajstić information content (AvgIpc) is 2.90. The molecule has 0 bridgehead atoms. The van der Waals surface area contributed by atoms with Crippen molar-refractivity contribution in [3.05, 3.63) is 18.7 Å². The first kappa shape index (κ1) is 13.3. The van der Waals surface area contributed by atoms with E-state index in [1.807, 2.05) is 12.5 Å². The molecule has 1 aliphatic heterocycles. The Labute approximate surface area is 113 Å². The van der Waals surface area contributed by atoms with Crippen LogP contribution in [0.25, 0.3) is 0 Å². The maximum atomic E-state index is 4.11. The van der Waals surface area contributed by atoms with Gasteiger partial charge < -0.3 is 4.57 Å². The minimum Gasteiger partial charge on any atom is -0.337 e. The molecular formula is C13H22N2S2. The lowest BCUT2D eigenvalue weighted by molar-refractivity contribution is 0.579. The second-order valence-electron chi connectivity index (χ2n) is 4.60. The molecule has 0 amide bonds. The number of thioether (sulfide) groups is 2. The maximum Gasteiger partial charge on any atom is 0.0945 e. The fourth-order valence-corrected chi connectivity index (χ4v) is 5.95. The summed E-state index contributed by atoms with van der Waals surface area (Å²) in [5.74, 6) is 1.34. The molecule has 2 unspecified atom stereocenters. The Morgan fingerprint density at radius 1 is 1.47 bits per heavy atom. The third-order valence-corrected chi connectivity index (χ3v) is 7.42. The molecule has 0 radical (unpaired) electrons. The predicted molar refractivity (Wildman–Crippen MR) is 78.6 cm³/mol. The zero-order valence-electron chi connectivity index (χ0n) is 10.8. The van der Waals surface area contributed by atoms with Crippen molar-refractivity contribution in [2.24, 2.45) is 0 Å². The molecule has 2 atom stereocenters. The van der Waals surface area contributed by atoms with Gasteiger partial charge in [0, 0.05) is 24.2 Å². The van der Waals surface area contributed by atoms with E-state index >= 15 is 0 Å². The van der Waals surface area contributed by atoms with E-state index in [4.69, 9.17) is 0 Å². The molecule has 1 saturated heterocycles. The van der Waals surface area contributed by atoms with Crippen LogP contribution in [0.5, 0.6) is 0 Å². The highest BCUT2D eigenvalue weighted by molar-refractivity contribution is 8.19. The van der Waals surface area contributed by atoms with E-state index in [9.17, 15) is 0 Å². The first-order valence-electron chi connectivity index (χ1n) is 6.55. The van der Waals surface area contributed by atoms with Gasteiger partial charge in [-0.05, 0) is 31.4 Å². The lowest BCUT2D eigenvalue weighted by Gasteiger charge is -2.39. The Kier molecular flexibility index (Phi) is 4.86. The normalized spacial score (nSPS) is 29.4. The van der Waals surface area contributed by atoms with Crippen molar-refractivity contribution in [1.29, 1.82) is 0 Å². The Morgan fingerprint density at radius 2 is 2.35 bits per heavy atom. The average molecular weight is 270 g/mol. The van der Waals surface area contributed by atoms with Gasteiger partial charge in [-0.15, -0.1) is 23.5 Å². The SMILES string of the molecule is CCC1CCSC(CC)(CCn2ccnc2)S1. The van der Waals surface area contributed by atoms with Gasteiger partial charge >= 0.3 is 0 Å². The Bertz CT molecular complexity index is 326. The molecular weight excluding hydrogens is 248 g/mol. The van der Waals surface area contributed by atoms with Gasteiger partial charge in [0.25, 0.3) is 0 Å². The van der Waals surface area contributed by atoms with Crippen LogP contribution in [-0.2, 0) is 6.54 Å². The van der Waals surface area contributed by atoms with Crippen LogP contribution in [0.3, 0.4) is 0 Å². The van der Waals surface area contributed by atoms with Crippen molar-refractivity contribution in [1.82, 2.24) is 9.55 Å². The molecule has 17 heavy (non-hydrogen) atoms. The third-order valence-electron chi connectivity index (χ3n) is 3.49. The predicted octanol–water partition coefficient (Wildman–Crippen LogP) is 4.03. The molecule has 4 heteroatoms. The smallest absolute Gasteiger partial charge is 0.0945 e. The fraction of sp³-hybridized carbons (Fsp3) is 0.769. The summed E-state index contributed by atoms with van der Waals surface area (Å²) in [6.07, 6.45) is 11.1. The van der Waals surface area contributed by atoms with E-state index < -0.39 is 0 Å². The van der Waals surface area contributed by atoms with E-state index in [1.165, 1.54) is 31.4 Å². The minimum atomic E-state index is 0.448. The second kappa shape index (κ2) is 6.19. The van der Waals surface area contributed by atoms with Crippen LogP contribution in [0, 0.1) is 0 Å². The van der Waals surface area contributed by atoms with E-state index in [1.54, 1.807) is 0 Å². The quantitative estimate of drug-likeness (QED) is 0.804. The number of hydrogen-bond acceptors (Lipinski definition) is 3. The van der Waals surface area contributed by atoms with E-state index in [0.717, 1.165) is 11.8 Å². The highest BCUT2D eigenvalue weighted by atomic mass is 32.2. The van der Waals surface area contributed by atoms with Crippen molar-refractivity contribution < 1.29 is 0 Å². The van der Waals surface area contributed by atoms with Crippen molar-refractivity contribution >= 4 is 23.5 Å². The fourth-order valence-electron chi connectivity index (χ4n) is 2.27. The van der Waals surface area contributed by atoms with Gasteiger partial charge in [0.1, 0.15) is 0 Å². The summed E-state index contributed by atoms with van der Waals surface area (Å²) in [5, 5.41) is 0.874. The molecule has 1 fully saturated rings. The molecule has 1 aromatic rings. The summed E-state index contributed by atoms with van der Waals surface area (Å²) in [6.45, 7) is 5.76. The molecule has 0 N–H and O–H groups in total. The summed E-state index contributed by atoms with van der Waals surface area (Å²) in [6, 6.07) is 0. The molecule has 2 rings (SSSR count). The lowest BCUT2D eigenvalue weighted by atomic mass is 10.2.